The van der Waals surface area contributed by atoms with Crippen LogP contribution in [0.1, 0.15) is 11.3 Å². The molecule has 0 bridgehead atoms. The van der Waals surface area contributed by atoms with Crippen molar-refractivity contribution in [3.63, 3.8) is 0 Å². The lowest BCUT2D eigenvalue weighted by Crippen LogP contribution is -2.03. The molecule has 8 nitrogen and oxygen atoms in total. The standard InChI is InChI=1S/C14H9N5O3/c1-9-4-5-10(19(20)21)7-12(9)18-14(11(8-15)16-17-18)13-3-2-6-22-13/h2-7H,1H3. The van der Waals surface area contributed by atoms with E-state index in [0.29, 0.717) is 17.1 Å². The summed E-state index contributed by atoms with van der Waals surface area (Å²) < 4.78 is 6.69. The lowest BCUT2D eigenvalue weighted by molar-refractivity contribution is -0.384. The number of aryl methyl sites for hydroxylation is 1. The van der Waals surface area contributed by atoms with E-state index in [1.54, 1.807) is 25.1 Å². The maximum Gasteiger partial charge on any atom is 0.271 e. The van der Waals surface area contributed by atoms with E-state index in [1.807, 2.05) is 6.07 Å². The third-order valence-electron chi connectivity index (χ3n) is 3.16. The second-order valence-corrected chi connectivity index (χ2v) is 4.52. The molecule has 3 aromatic rings. The minimum atomic E-state index is -0.488. The number of nitro benzene ring substituents is 1. The smallest absolute Gasteiger partial charge is 0.271 e. The van der Waals surface area contributed by atoms with Crippen molar-refractivity contribution in [2.75, 3.05) is 0 Å². The van der Waals surface area contributed by atoms with E-state index < -0.39 is 4.92 Å². The lowest BCUT2D eigenvalue weighted by atomic mass is 10.1. The van der Waals surface area contributed by atoms with Gasteiger partial charge in [-0.1, -0.05) is 11.3 Å². The summed E-state index contributed by atoms with van der Waals surface area (Å²) in [5.74, 6) is 0.410. The summed E-state index contributed by atoms with van der Waals surface area (Å²) >= 11 is 0. The fourth-order valence-corrected chi connectivity index (χ4v) is 2.10. The van der Waals surface area contributed by atoms with Gasteiger partial charge in [0, 0.05) is 12.1 Å². The van der Waals surface area contributed by atoms with Gasteiger partial charge in [0.25, 0.3) is 5.69 Å². The van der Waals surface area contributed by atoms with Crippen molar-refractivity contribution in [3.8, 4) is 23.2 Å². The van der Waals surface area contributed by atoms with Crippen molar-refractivity contribution in [2.24, 2.45) is 0 Å². The normalized spacial score (nSPS) is 10.4. The molecule has 0 amide bonds. The number of hydrogen-bond donors (Lipinski definition) is 0. The van der Waals surface area contributed by atoms with Crippen LogP contribution in [0.25, 0.3) is 17.1 Å². The van der Waals surface area contributed by atoms with E-state index in [1.165, 1.54) is 23.1 Å². The van der Waals surface area contributed by atoms with Crippen LogP contribution >= 0.6 is 0 Å². The van der Waals surface area contributed by atoms with Gasteiger partial charge in [-0.15, -0.1) is 5.10 Å². The summed E-state index contributed by atoms with van der Waals surface area (Å²) in [6.45, 7) is 1.79. The number of aromatic nitrogens is 3. The zero-order valence-corrected chi connectivity index (χ0v) is 11.4. The predicted octanol–water partition coefficient (Wildman–Crippen LogP) is 2.62. The third kappa shape index (κ3) is 2.10. The van der Waals surface area contributed by atoms with Crippen molar-refractivity contribution in [1.29, 1.82) is 5.26 Å². The van der Waals surface area contributed by atoms with Crippen LogP contribution in [-0.4, -0.2) is 19.9 Å². The molecule has 0 unspecified atom stereocenters. The molecule has 0 saturated heterocycles. The van der Waals surface area contributed by atoms with Gasteiger partial charge in [-0.05, 0) is 24.6 Å². The topological polar surface area (TPSA) is 111 Å². The van der Waals surface area contributed by atoms with Crippen molar-refractivity contribution >= 4 is 5.69 Å². The van der Waals surface area contributed by atoms with Crippen LogP contribution < -0.4 is 0 Å². The lowest BCUT2D eigenvalue weighted by Gasteiger charge is -2.07. The molecule has 0 spiro atoms. The number of nitro groups is 1. The quantitative estimate of drug-likeness (QED) is 0.542. The largest absolute Gasteiger partial charge is 0.463 e. The summed E-state index contributed by atoms with van der Waals surface area (Å²) in [6, 6.07) is 9.70. The Bertz CT molecular complexity index is 890. The monoisotopic (exact) mass is 295 g/mol. The Hall–Kier alpha value is -3.47. The average molecular weight is 295 g/mol. The summed E-state index contributed by atoms with van der Waals surface area (Å²) in [5, 5.41) is 27.9. The molecule has 22 heavy (non-hydrogen) atoms. The van der Waals surface area contributed by atoms with Gasteiger partial charge < -0.3 is 4.42 Å². The highest BCUT2D eigenvalue weighted by Crippen LogP contribution is 2.28. The van der Waals surface area contributed by atoms with Crippen LogP contribution in [0.4, 0.5) is 5.69 Å². The van der Waals surface area contributed by atoms with Gasteiger partial charge in [-0.25, -0.2) is 4.68 Å². The van der Waals surface area contributed by atoms with E-state index in [0.717, 1.165) is 5.56 Å². The first-order valence-electron chi connectivity index (χ1n) is 6.27. The van der Waals surface area contributed by atoms with Gasteiger partial charge in [-0.2, -0.15) is 5.26 Å². The van der Waals surface area contributed by atoms with E-state index in [-0.39, 0.29) is 11.4 Å². The molecule has 0 aliphatic carbocycles. The molecular formula is C14H9N5O3. The van der Waals surface area contributed by atoms with E-state index in [9.17, 15) is 15.4 Å². The number of nitriles is 1. The van der Waals surface area contributed by atoms with Crippen LogP contribution in [0.15, 0.2) is 41.0 Å². The first-order chi connectivity index (χ1) is 10.6. The van der Waals surface area contributed by atoms with Gasteiger partial charge in [0.1, 0.15) is 11.8 Å². The van der Waals surface area contributed by atoms with Gasteiger partial charge in [0.2, 0.25) is 0 Å². The maximum absolute atomic E-state index is 11.0. The van der Waals surface area contributed by atoms with Crippen molar-refractivity contribution in [2.45, 2.75) is 6.92 Å². The van der Waals surface area contributed by atoms with Crippen LogP contribution in [-0.2, 0) is 0 Å². The highest BCUT2D eigenvalue weighted by Gasteiger charge is 2.21. The van der Waals surface area contributed by atoms with Crippen molar-refractivity contribution in [1.82, 2.24) is 15.0 Å². The molecule has 0 aliphatic heterocycles. The van der Waals surface area contributed by atoms with Crippen LogP contribution in [0.3, 0.4) is 0 Å². The highest BCUT2D eigenvalue weighted by molar-refractivity contribution is 5.63. The Balaban J connectivity index is 2.26. The molecule has 0 saturated carbocycles. The number of rotatable bonds is 3. The summed E-state index contributed by atoms with van der Waals surface area (Å²) in [4.78, 5) is 10.5. The van der Waals surface area contributed by atoms with Gasteiger partial charge in [0.15, 0.2) is 11.5 Å². The predicted molar refractivity (Wildman–Crippen MR) is 75.2 cm³/mol. The zero-order valence-electron chi connectivity index (χ0n) is 11.4. The fourth-order valence-electron chi connectivity index (χ4n) is 2.10. The fraction of sp³-hybridized carbons (Fsp3) is 0.0714. The van der Waals surface area contributed by atoms with Crippen LogP contribution in [0, 0.1) is 28.4 Å². The molecule has 2 aromatic heterocycles. The molecule has 2 heterocycles. The molecular weight excluding hydrogens is 286 g/mol. The highest BCUT2D eigenvalue weighted by atomic mass is 16.6. The van der Waals surface area contributed by atoms with Gasteiger partial charge in [-0.3, -0.25) is 10.1 Å². The number of non-ortho nitro benzene ring substituents is 1. The van der Waals surface area contributed by atoms with Crippen molar-refractivity contribution < 1.29 is 9.34 Å². The molecule has 0 fully saturated rings. The first kappa shape index (κ1) is 13.5. The van der Waals surface area contributed by atoms with Crippen LogP contribution in [0.2, 0.25) is 0 Å². The zero-order chi connectivity index (χ0) is 15.7. The maximum atomic E-state index is 11.0. The minimum Gasteiger partial charge on any atom is -0.463 e. The second-order valence-electron chi connectivity index (χ2n) is 4.52. The van der Waals surface area contributed by atoms with E-state index >= 15 is 0 Å². The first-order valence-corrected chi connectivity index (χ1v) is 6.27. The van der Waals surface area contributed by atoms with Gasteiger partial charge >= 0.3 is 0 Å². The van der Waals surface area contributed by atoms with E-state index in [4.69, 9.17) is 4.42 Å². The summed E-state index contributed by atoms with van der Waals surface area (Å²) in [5.41, 5.74) is 1.60. The molecule has 0 aliphatic rings. The molecule has 108 valence electrons. The molecule has 3 rings (SSSR count). The van der Waals surface area contributed by atoms with E-state index in [2.05, 4.69) is 10.3 Å². The molecule has 8 heteroatoms. The Kier molecular flexibility index (Phi) is 3.16. The van der Waals surface area contributed by atoms with Crippen molar-refractivity contribution in [3.05, 3.63) is 58.0 Å². The average Bonchev–Trinajstić information content (AvgIpc) is 3.15. The number of furan rings is 1. The molecule has 1 aromatic carbocycles. The Morgan fingerprint density at radius 2 is 2.23 bits per heavy atom. The number of nitrogens with zero attached hydrogens (tertiary/aromatic N) is 5. The molecule has 0 N–H and O–H groups in total. The summed E-state index contributed by atoms with van der Waals surface area (Å²) in [7, 11) is 0. The number of benzene rings is 1. The second kappa shape index (κ2) is 5.14. The Morgan fingerprint density at radius 1 is 1.41 bits per heavy atom. The Morgan fingerprint density at radius 3 is 2.86 bits per heavy atom. The third-order valence-corrected chi connectivity index (χ3v) is 3.16. The molecule has 0 atom stereocenters. The van der Waals surface area contributed by atoms with Gasteiger partial charge in [0.05, 0.1) is 16.9 Å². The number of hydrogen-bond acceptors (Lipinski definition) is 6. The minimum absolute atomic E-state index is 0.0694. The Labute approximate surface area is 124 Å². The molecule has 0 radical (unpaired) electrons. The summed E-state index contributed by atoms with van der Waals surface area (Å²) in [6.07, 6.45) is 1.47. The van der Waals surface area contributed by atoms with Crippen LogP contribution in [0.5, 0.6) is 0 Å². The SMILES string of the molecule is Cc1ccc([N+](=O)[O-])cc1-n1nnc(C#N)c1-c1ccco1.